The van der Waals surface area contributed by atoms with Crippen molar-refractivity contribution in [3.8, 4) is 11.1 Å². The maximum absolute atomic E-state index is 13.0. The van der Waals surface area contributed by atoms with Crippen molar-refractivity contribution in [2.24, 2.45) is 5.41 Å². The topological polar surface area (TPSA) is 72.4 Å². The normalized spacial score (nSPS) is 14.9. The van der Waals surface area contributed by atoms with Crippen LogP contribution in [0.5, 0.6) is 0 Å². The van der Waals surface area contributed by atoms with E-state index in [0.717, 1.165) is 59.0 Å². The molecule has 1 aliphatic heterocycles. The van der Waals surface area contributed by atoms with Crippen molar-refractivity contribution >= 4 is 37.1 Å². The molecule has 0 amide bonds. The molecule has 0 radical (unpaired) electrons. The fraction of sp³-hybridized carbons (Fsp3) is 0.357. The molecule has 36 heavy (non-hydrogen) atoms. The standard InChI is InChI=1S/C28H31N3O3S2/c1-28(2,3)19-36(32,33)23-6-4-5-21(16-23)24-18-35-25-17-29-26(30-27(24)25)15-20-7-9-22(10-8-20)31-11-13-34-14-12-31/h4-10,16-18H,11-15,19H2,1-3H3. The molecular weight excluding hydrogens is 490 g/mol. The van der Waals surface area contributed by atoms with Crippen LogP contribution in [0.3, 0.4) is 0 Å². The Morgan fingerprint density at radius 3 is 2.53 bits per heavy atom. The summed E-state index contributed by atoms with van der Waals surface area (Å²) < 4.78 is 32.4. The molecule has 0 unspecified atom stereocenters. The lowest BCUT2D eigenvalue weighted by atomic mass is 10.0. The third-order valence-electron chi connectivity index (χ3n) is 6.17. The maximum atomic E-state index is 13.0. The van der Waals surface area contributed by atoms with Gasteiger partial charge in [-0.15, -0.1) is 11.3 Å². The zero-order valence-corrected chi connectivity index (χ0v) is 22.5. The highest BCUT2D eigenvalue weighted by molar-refractivity contribution is 7.91. The summed E-state index contributed by atoms with van der Waals surface area (Å²) in [4.78, 5) is 12.2. The number of ether oxygens (including phenoxy) is 1. The van der Waals surface area contributed by atoms with Crippen molar-refractivity contribution in [3.63, 3.8) is 0 Å². The van der Waals surface area contributed by atoms with E-state index in [1.807, 2.05) is 44.5 Å². The number of aromatic nitrogens is 2. The molecule has 0 spiro atoms. The maximum Gasteiger partial charge on any atom is 0.178 e. The number of sulfone groups is 1. The summed E-state index contributed by atoms with van der Waals surface area (Å²) in [6, 6.07) is 15.8. The Kier molecular flexibility index (Phi) is 6.85. The van der Waals surface area contributed by atoms with Crippen molar-refractivity contribution < 1.29 is 13.2 Å². The summed E-state index contributed by atoms with van der Waals surface area (Å²) in [5, 5.41) is 2.04. The van der Waals surface area contributed by atoms with Crippen LogP contribution in [0.1, 0.15) is 32.2 Å². The monoisotopic (exact) mass is 521 g/mol. The van der Waals surface area contributed by atoms with Gasteiger partial charge in [0, 0.05) is 42.3 Å². The Morgan fingerprint density at radius 1 is 1.06 bits per heavy atom. The minimum atomic E-state index is -3.39. The van der Waals surface area contributed by atoms with E-state index in [0.29, 0.717) is 11.3 Å². The molecule has 0 aliphatic carbocycles. The zero-order chi connectivity index (χ0) is 25.3. The first kappa shape index (κ1) is 24.9. The molecule has 1 aliphatic rings. The van der Waals surface area contributed by atoms with Crippen LogP contribution in [0.25, 0.3) is 21.3 Å². The SMILES string of the molecule is CC(C)(C)CS(=O)(=O)c1cccc(-c2csc3cnc(Cc4ccc(N5CCOCC5)cc4)nc23)c1. The number of thiophene rings is 1. The zero-order valence-electron chi connectivity index (χ0n) is 20.9. The number of morpholine rings is 1. The number of hydrogen-bond acceptors (Lipinski definition) is 7. The van der Waals surface area contributed by atoms with Crippen molar-refractivity contribution in [1.82, 2.24) is 9.97 Å². The van der Waals surface area contributed by atoms with Crippen molar-refractivity contribution in [2.45, 2.75) is 32.1 Å². The predicted octanol–water partition coefficient (Wildman–Crippen LogP) is 5.61. The molecule has 2 aromatic carbocycles. The predicted molar refractivity (Wildman–Crippen MR) is 147 cm³/mol. The first-order valence-electron chi connectivity index (χ1n) is 12.2. The molecule has 6 nitrogen and oxygen atoms in total. The minimum absolute atomic E-state index is 0.102. The van der Waals surface area contributed by atoms with Crippen LogP contribution < -0.4 is 4.90 Å². The second kappa shape index (κ2) is 9.92. The van der Waals surface area contributed by atoms with Crippen LogP contribution in [0.4, 0.5) is 5.69 Å². The van der Waals surface area contributed by atoms with Gasteiger partial charge in [-0.2, -0.15) is 0 Å². The Labute approximate surface area is 216 Å². The molecule has 8 heteroatoms. The number of hydrogen-bond donors (Lipinski definition) is 0. The number of rotatable bonds is 6. The lowest BCUT2D eigenvalue weighted by Gasteiger charge is -2.28. The molecule has 4 aromatic rings. The summed E-state index contributed by atoms with van der Waals surface area (Å²) >= 11 is 1.57. The third-order valence-corrected chi connectivity index (χ3v) is 9.29. The van der Waals surface area contributed by atoms with Gasteiger partial charge in [-0.1, -0.05) is 45.0 Å². The molecule has 2 aromatic heterocycles. The largest absolute Gasteiger partial charge is 0.378 e. The number of fused-ring (bicyclic) bond motifs is 1. The van der Waals surface area contributed by atoms with Gasteiger partial charge < -0.3 is 9.64 Å². The average molecular weight is 522 g/mol. The van der Waals surface area contributed by atoms with E-state index < -0.39 is 9.84 Å². The number of nitrogens with zero attached hydrogens (tertiary/aromatic N) is 3. The van der Waals surface area contributed by atoms with E-state index in [2.05, 4.69) is 34.1 Å². The molecule has 0 atom stereocenters. The van der Waals surface area contributed by atoms with Gasteiger partial charge in [0.2, 0.25) is 0 Å². The fourth-order valence-corrected chi connectivity index (χ4v) is 7.27. The van der Waals surface area contributed by atoms with E-state index in [-0.39, 0.29) is 11.2 Å². The van der Waals surface area contributed by atoms with Gasteiger partial charge in [0.05, 0.1) is 34.1 Å². The lowest BCUT2D eigenvalue weighted by Crippen LogP contribution is -2.36. The molecule has 0 saturated carbocycles. The van der Waals surface area contributed by atoms with Crippen LogP contribution in [-0.2, 0) is 21.0 Å². The number of anilines is 1. The summed E-state index contributed by atoms with van der Waals surface area (Å²) in [5.41, 5.74) is 4.70. The van der Waals surface area contributed by atoms with Gasteiger partial charge >= 0.3 is 0 Å². The van der Waals surface area contributed by atoms with Gasteiger partial charge in [0.1, 0.15) is 5.82 Å². The molecule has 1 fully saturated rings. The van der Waals surface area contributed by atoms with Crippen molar-refractivity contribution in [2.75, 3.05) is 37.0 Å². The Hall–Kier alpha value is -2.81. The van der Waals surface area contributed by atoms with Gasteiger partial charge in [-0.25, -0.2) is 18.4 Å². The van der Waals surface area contributed by atoms with E-state index >= 15 is 0 Å². The molecule has 0 bridgehead atoms. The van der Waals surface area contributed by atoms with E-state index in [4.69, 9.17) is 9.72 Å². The molecule has 5 rings (SSSR count). The average Bonchev–Trinajstić information content (AvgIpc) is 3.27. The molecule has 3 heterocycles. The van der Waals surface area contributed by atoms with E-state index in [9.17, 15) is 8.42 Å². The van der Waals surface area contributed by atoms with Crippen LogP contribution in [0, 0.1) is 5.41 Å². The second-order valence-corrected chi connectivity index (χ2v) is 13.3. The number of benzene rings is 2. The molecule has 1 saturated heterocycles. The van der Waals surface area contributed by atoms with Crippen LogP contribution in [0.15, 0.2) is 65.0 Å². The van der Waals surface area contributed by atoms with Crippen LogP contribution >= 0.6 is 11.3 Å². The quantitative estimate of drug-likeness (QED) is 0.329. The summed E-state index contributed by atoms with van der Waals surface area (Å²) in [7, 11) is -3.39. The Balaban J connectivity index is 1.40. The Bertz CT molecular complexity index is 1470. The summed E-state index contributed by atoms with van der Waals surface area (Å²) in [6.45, 7) is 9.19. The summed E-state index contributed by atoms with van der Waals surface area (Å²) in [6.07, 6.45) is 2.50. The van der Waals surface area contributed by atoms with Gasteiger partial charge in [0.15, 0.2) is 9.84 Å². The van der Waals surface area contributed by atoms with Crippen molar-refractivity contribution in [1.29, 1.82) is 0 Å². The molecule has 188 valence electrons. The third kappa shape index (κ3) is 5.61. The van der Waals surface area contributed by atoms with Crippen LogP contribution in [-0.4, -0.2) is 50.4 Å². The Morgan fingerprint density at radius 2 is 1.81 bits per heavy atom. The van der Waals surface area contributed by atoms with Gasteiger partial charge in [-0.3, -0.25) is 0 Å². The van der Waals surface area contributed by atoms with Gasteiger partial charge in [0.25, 0.3) is 0 Å². The smallest absolute Gasteiger partial charge is 0.178 e. The highest BCUT2D eigenvalue weighted by Gasteiger charge is 2.24. The first-order valence-corrected chi connectivity index (χ1v) is 14.7. The minimum Gasteiger partial charge on any atom is -0.378 e. The van der Waals surface area contributed by atoms with Crippen LogP contribution in [0.2, 0.25) is 0 Å². The van der Waals surface area contributed by atoms with E-state index in [1.165, 1.54) is 5.69 Å². The highest BCUT2D eigenvalue weighted by atomic mass is 32.2. The van der Waals surface area contributed by atoms with E-state index in [1.54, 1.807) is 23.5 Å². The summed E-state index contributed by atoms with van der Waals surface area (Å²) in [5.74, 6) is 0.850. The first-order chi connectivity index (χ1) is 17.2. The van der Waals surface area contributed by atoms with Crippen molar-refractivity contribution in [3.05, 3.63) is 71.5 Å². The second-order valence-electron chi connectivity index (χ2n) is 10.4. The lowest BCUT2D eigenvalue weighted by molar-refractivity contribution is 0.122. The molecule has 0 N–H and O–H groups in total. The fourth-order valence-electron chi connectivity index (χ4n) is 4.49. The highest BCUT2D eigenvalue weighted by Crippen LogP contribution is 2.34. The molecular formula is C28H31N3O3S2. The van der Waals surface area contributed by atoms with Gasteiger partial charge in [-0.05, 0) is 40.8 Å².